The van der Waals surface area contributed by atoms with Crippen LogP contribution in [0.1, 0.15) is 46.0 Å². The number of carbonyl (C=O) groups excluding carboxylic acids is 3. The number of rotatable bonds is 6. The number of carbonyl (C=O) groups is 3. The molecule has 3 amide bonds. The monoisotopic (exact) mass is 380 g/mol. The normalized spacial score (nSPS) is 16.7. The lowest BCUT2D eigenvalue weighted by Gasteiger charge is -2.23. The third-order valence-corrected chi connectivity index (χ3v) is 4.30. The van der Waals surface area contributed by atoms with E-state index in [0.29, 0.717) is 5.75 Å². The Labute approximate surface area is 157 Å². The first-order chi connectivity index (χ1) is 12.8. The highest BCUT2D eigenvalue weighted by Gasteiger charge is 2.25. The first-order valence-electron chi connectivity index (χ1n) is 9.09. The maximum Gasteiger partial charge on any atom is 0.347 e. The third-order valence-electron chi connectivity index (χ3n) is 4.30. The van der Waals surface area contributed by atoms with E-state index in [4.69, 9.17) is 9.47 Å². The Morgan fingerprint density at radius 2 is 1.67 bits per heavy atom. The molecule has 2 rings (SSSR count). The molecule has 1 aliphatic rings. The van der Waals surface area contributed by atoms with Crippen LogP contribution in [0.15, 0.2) is 24.3 Å². The smallest absolute Gasteiger partial charge is 0.347 e. The van der Waals surface area contributed by atoms with Crippen LogP contribution in [0.4, 0.5) is 9.18 Å². The van der Waals surface area contributed by atoms with E-state index in [1.807, 2.05) is 0 Å². The molecule has 1 aromatic rings. The minimum Gasteiger partial charge on any atom is -0.479 e. The van der Waals surface area contributed by atoms with Gasteiger partial charge in [-0.05, 0) is 51.0 Å². The van der Waals surface area contributed by atoms with Crippen molar-refractivity contribution in [2.75, 3.05) is 0 Å². The van der Waals surface area contributed by atoms with Crippen molar-refractivity contribution in [2.24, 2.45) is 0 Å². The number of ether oxygens (including phenoxy) is 2. The van der Waals surface area contributed by atoms with E-state index >= 15 is 0 Å². The summed E-state index contributed by atoms with van der Waals surface area (Å²) in [6, 6.07) is 4.64. The van der Waals surface area contributed by atoms with Crippen LogP contribution >= 0.6 is 0 Å². The number of benzene rings is 1. The van der Waals surface area contributed by atoms with Crippen molar-refractivity contribution >= 4 is 17.9 Å². The maximum absolute atomic E-state index is 12.9. The average molecular weight is 380 g/mol. The van der Waals surface area contributed by atoms with Gasteiger partial charge in [-0.3, -0.25) is 10.1 Å². The van der Waals surface area contributed by atoms with E-state index in [0.717, 1.165) is 32.1 Å². The Kier molecular flexibility index (Phi) is 7.57. The molecule has 0 aromatic heterocycles. The minimum absolute atomic E-state index is 0.0635. The summed E-state index contributed by atoms with van der Waals surface area (Å²) in [5.74, 6) is -1.61. The summed E-state index contributed by atoms with van der Waals surface area (Å²) in [7, 11) is 0. The first kappa shape index (κ1) is 20.7. The van der Waals surface area contributed by atoms with Gasteiger partial charge in [-0.25, -0.2) is 14.0 Å². The molecule has 0 aliphatic heterocycles. The second kappa shape index (κ2) is 9.89. The van der Waals surface area contributed by atoms with Crippen molar-refractivity contribution < 1.29 is 28.2 Å². The van der Waals surface area contributed by atoms with Gasteiger partial charge in [0.05, 0.1) is 0 Å². The predicted octanol–water partition coefficient (Wildman–Crippen LogP) is 2.68. The summed E-state index contributed by atoms with van der Waals surface area (Å²) in [5.41, 5.74) is 0. The second-order valence-electron chi connectivity index (χ2n) is 6.59. The molecule has 8 heteroatoms. The minimum atomic E-state index is -1.16. The van der Waals surface area contributed by atoms with Gasteiger partial charge in [0.1, 0.15) is 11.6 Å². The number of esters is 1. The molecule has 148 valence electrons. The van der Waals surface area contributed by atoms with E-state index in [2.05, 4.69) is 10.6 Å². The summed E-state index contributed by atoms with van der Waals surface area (Å²) in [5, 5.41) is 4.93. The quantitative estimate of drug-likeness (QED) is 0.740. The van der Waals surface area contributed by atoms with Crippen LogP contribution in [0.3, 0.4) is 0 Å². The van der Waals surface area contributed by atoms with Crippen LogP contribution in [0, 0.1) is 5.82 Å². The Morgan fingerprint density at radius 3 is 2.30 bits per heavy atom. The summed E-state index contributed by atoms with van der Waals surface area (Å²) in [6.07, 6.45) is 2.90. The molecule has 0 heterocycles. The van der Waals surface area contributed by atoms with Crippen LogP contribution in [0.2, 0.25) is 0 Å². The van der Waals surface area contributed by atoms with E-state index in [1.165, 1.54) is 38.1 Å². The summed E-state index contributed by atoms with van der Waals surface area (Å²) >= 11 is 0. The van der Waals surface area contributed by atoms with Crippen molar-refractivity contribution in [3.05, 3.63) is 30.1 Å². The van der Waals surface area contributed by atoms with Crippen molar-refractivity contribution in [2.45, 2.75) is 64.2 Å². The van der Waals surface area contributed by atoms with Gasteiger partial charge in [-0.2, -0.15) is 0 Å². The van der Waals surface area contributed by atoms with Crippen LogP contribution in [0.5, 0.6) is 5.75 Å². The van der Waals surface area contributed by atoms with E-state index in [9.17, 15) is 18.8 Å². The fraction of sp³-hybridized carbons (Fsp3) is 0.526. The topological polar surface area (TPSA) is 93.7 Å². The molecule has 0 bridgehead atoms. The summed E-state index contributed by atoms with van der Waals surface area (Å²) < 4.78 is 23.2. The van der Waals surface area contributed by atoms with Crippen LogP contribution < -0.4 is 15.4 Å². The average Bonchev–Trinajstić information content (AvgIpc) is 2.64. The number of urea groups is 1. The highest BCUT2D eigenvalue weighted by molar-refractivity contribution is 5.97. The maximum atomic E-state index is 12.9. The highest BCUT2D eigenvalue weighted by Crippen LogP contribution is 2.17. The third kappa shape index (κ3) is 6.88. The predicted molar refractivity (Wildman–Crippen MR) is 95.6 cm³/mol. The molecule has 1 aliphatic carbocycles. The molecule has 1 aromatic carbocycles. The van der Waals surface area contributed by atoms with Crippen molar-refractivity contribution in [3.8, 4) is 5.75 Å². The first-order valence-corrected chi connectivity index (χ1v) is 9.09. The molecule has 0 unspecified atom stereocenters. The SMILES string of the molecule is C[C@H](OC(=O)[C@@H](C)Oc1ccc(F)cc1)C(=O)NC(=O)NC1CCCCC1. The van der Waals surface area contributed by atoms with E-state index in [1.54, 1.807) is 0 Å². The van der Waals surface area contributed by atoms with Gasteiger partial charge in [0, 0.05) is 6.04 Å². The van der Waals surface area contributed by atoms with Gasteiger partial charge in [-0.1, -0.05) is 19.3 Å². The fourth-order valence-electron chi connectivity index (χ4n) is 2.77. The largest absolute Gasteiger partial charge is 0.479 e. The number of hydrogen-bond donors (Lipinski definition) is 2. The van der Waals surface area contributed by atoms with E-state index < -0.39 is 35.9 Å². The molecule has 2 atom stereocenters. The van der Waals surface area contributed by atoms with E-state index in [-0.39, 0.29) is 6.04 Å². The number of hydrogen-bond acceptors (Lipinski definition) is 5. The molecule has 0 spiro atoms. The number of amides is 3. The summed E-state index contributed by atoms with van der Waals surface area (Å²) in [4.78, 5) is 35.9. The number of nitrogens with one attached hydrogen (secondary N) is 2. The summed E-state index contributed by atoms with van der Waals surface area (Å²) in [6.45, 7) is 2.82. The van der Waals surface area contributed by atoms with Gasteiger partial charge in [-0.15, -0.1) is 0 Å². The molecule has 0 saturated heterocycles. The van der Waals surface area contributed by atoms with Crippen molar-refractivity contribution in [1.29, 1.82) is 0 Å². The molecular formula is C19H25FN2O5. The van der Waals surface area contributed by atoms with Crippen molar-refractivity contribution in [3.63, 3.8) is 0 Å². The number of imide groups is 1. The van der Waals surface area contributed by atoms with Crippen molar-refractivity contribution in [1.82, 2.24) is 10.6 Å². The standard InChI is InChI=1S/C19H25FN2O5/c1-12(17(23)22-19(25)21-15-6-4-3-5-7-15)27-18(24)13(2)26-16-10-8-14(20)9-11-16/h8-13,15H,3-7H2,1-2H3,(H2,21,22,23,25)/t12-,13+/m0/s1. The zero-order valence-corrected chi connectivity index (χ0v) is 15.5. The lowest BCUT2D eigenvalue weighted by molar-refractivity contribution is -0.160. The van der Waals surface area contributed by atoms with Gasteiger partial charge in [0.15, 0.2) is 12.2 Å². The zero-order chi connectivity index (χ0) is 19.8. The van der Waals surface area contributed by atoms with Gasteiger partial charge < -0.3 is 14.8 Å². The Bertz CT molecular complexity index is 659. The second-order valence-corrected chi connectivity index (χ2v) is 6.59. The molecular weight excluding hydrogens is 355 g/mol. The lowest BCUT2D eigenvalue weighted by Crippen LogP contribution is -2.48. The fourth-order valence-corrected chi connectivity index (χ4v) is 2.77. The highest BCUT2D eigenvalue weighted by atomic mass is 19.1. The Hall–Kier alpha value is -2.64. The Balaban J connectivity index is 1.75. The van der Waals surface area contributed by atoms with Crippen LogP contribution in [-0.2, 0) is 14.3 Å². The molecule has 0 radical (unpaired) electrons. The van der Waals surface area contributed by atoms with Gasteiger partial charge in [0.25, 0.3) is 5.91 Å². The van der Waals surface area contributed by atoms with Crippen LogP contribution in [0.25, 0.3) is 0 Å². The molecule has 1 fully saturated rings. The van der Waals surface area contributed by atoms with Gasteiger partial charge >= 0.3 is 12.0 Å². The lowest BCUT2D eigenvalue weighted by atomic mass is 9.96. The zero-order valence-electron chi connectivity index (χ0n) is 15.5. The van der Waals surface area contributed by atoms with Gasteiger partial charge in [0.2, 0.25) is 0 Å². The molecule has 27 heavy (non-hydrogen) atoms. The molecule has 7 nitrogen and oxygen atoms in total. The molecule has 2 N–H and O–H groups in total. The molecule has 1 saturated carbocycles. The van der Waals surface area contributed by atoms with Crippen LogP contribution in [-0.4, -0.2) is 36.2 Å². The Morgan fingerprint density at radius 1 is 1.04 bits per heavy atom. The number of halogens is 1.